The van der Waals surface area contributed by atoms with Gasteiger partial charge in [-0.3, -0.25) is 4.79 Å². The van der Waals surface area contributed by atoms with Crippen LogP contribution in [0, 0.1) is 5.82 Å². The maximum Gasteiger partial charge on any atom is 0.266 e. The number of piperidine rings is 1. The molecule has 0 radical (unpaired) electrons. The summed E-state index contributed by atoms with van der Waals surface area (Å²) in [5.41, 5.74) is 0.573. The van der Waals surface area contributed by atoms with E-state index in [2.05, 4.69) is 10.1 Å². The first-order valence-corrected chi connectivity index (χ1v) is 9.25. The van der Waals surface area contributed by atoms with E-state index in [9.17, 15) is 9.18 Å². The molecule has 0 unspecified atom stereocenters. The highest BCUT2D eigenvalue weighted by molar-refractivity contribution is 6.32. The molecule has 1 aromatic carbocycles. The predicted molar refractivity (Wildman–Crippen MR) is 102 cm³/mol. The van der Waals surface area contributed by atoms with Crippen molar-refractivity contribution in [3.8, 4) is 17.2 Å². The molecule has 146 valence electrons. The average Bonchev–Trinajstić information content (AvgIpc) is 3.18. The van der Waals surface area contributed by atoms with E-state index in [0.29, 0.717) is 36.2 Å². The lowest BCUT2D eigenvalue weighted by atomic mass is 10.1. The summed E-state index contributed by atoms with van der Waals surface area (Å²) in [5.74, 6) is 0.715. The number of pyridine rings is 1. The number of nitrogens with zero attached hydrogens (tertiary/aromatic N) is 4. The molecule has 4 rings (SSSR count). The molecule has 3 heterocycles. The van der Waals surface area contributed by atoms with Gasteiger partial charge in [0.1, 0.15) is 22.7 Å². The van der Waals surface area contributed by atoms with E-state index in [1.54, 1.807) is 31.4 Å². The van der Waals surface area contributed by atoms with Crippen molar-refractivity contribution >= 4 is 17.5 Å². The summed E-state index contributed by atoms with van der Waals surface area (Å²) in [7, 11) is 1.67. The number of anilines is 1. The molecule has 2 aromatic heterocycles. The Labute approximate surface area is 165 Å². The SMILES string of the molecule is Cn1cc(-c2nc(N3CCC(Oc4cccc(F)c4Cl)CC3)no2)ccc1=O. The van der Waals surface area contributed by atoms with Crippen molar-refractivity contribution in [2.45, 2.75) is 18.9 Å². The second-order valence-electron chi connectivity index (χ2n) is 6.62. The normalized spacial score (nSPS) is 15.0. The smallest absolute Gasteiger partial charge is 0.266 e. The lowest BCUT2D eigenvalue weighted by Gasteiger charge is -2.31. The summed E-state index contributed by atoms with van der Waals surface area (Å²) in [4.78, 5) is 17.9. The van der Waals surface area contributed by atoms with Gasteiger partial charge in [0.25, 0.3) is 11.8 Å². The topological polar surface area (TPSA) is 73.4 Å². The molecule has 1 aliphatic rings. The zero-order chi connectivity index (χ0) is 19.7. The molecule has 0 atom stereocenters. The minimum absolute atomic E-state index is 0.00463. The zero-order valence-electron chi connectivity index (χ0n) is 15.1. The summed E-state index contributed by atoms with van der Waals surface area (Å²) in [6, 6.07) is 7.65. The molecule has 9 heteroatoms. The molecule has 1 saturated heterocycles. The van der Waals surface area contributed by atoms with Crippen molar-refractivity contribution in [3.05, 3.63) is 57.7 Å². The molecule has 28 heavy (non-hydrogen) atoms. The molecule has 0 amide bonds. The van der Waals surface area contributed by atoms with E-state index in [4.69, 9.17) is 20.9 Å². The monoisotopic (exact) mass is 404 g/mol. The molecule has 0 saturated carbocycles. The maximum atomic E-state index is 13.5. The Morgan fingerprint density at radius 3 is 2.79 bits per heavy atom. The van der Waals surface area contributed by atoms with Gasteiger partial charge in [-0.05, 0) is 23.4 Å². The van der Waals surface area contributed by atoms with E-state index in [0.717, 1.165) is 12.8 Å². The number of hydrogen-bond donors (Lipinski definition) is 0. The Hall–Kier alpha value is -2.87. The molecule has 0 N–H and O–H groups in total. The number of aryl methyl sites for hydroxylation is 1. The molecule has 0 aliphatic carbocycles. The van der Waals surface area contributed by atoms with Crippen LogP contribution < -0.4 is 15.2 Å². The lowest BCUT2D eigenvalue weighted by Crippen LogP contribution is -2.38. The summed E-state index contributed by atoms with van der Waals surface area (Å²) < 4.78 is 26.2. The average molecular weight is 405 g/mol. The number of ether oxygens (including phenoxy) is 1. The Morgan fingerprint density at radius 2 is 2.04 bits per heavy atom. The third kappa shape index (κ3) is 3.73. The lowest BCUT2D eigenvalue weighted by molar-refractivity contribution is 0.170. The van der Waals surface area contributed by atoms with Crippen LogP contribution in [0.25, 0.3) is 11.5 Å². The fourth-order valence-electron chi connectivity index (χ4n) is 3.11. The van der Waals surface area contributed by atoms with Crippen LogP contribution >= 0.6 is 11.6 Å². The van der Waals surface area contributed by atoms with Gasteiger partial charge in [-0.15, -0.1) is 0 Å². The first-order chi connectivity index (χ1) is 13.5. The van der Waals surface area contributed by atoms with Gasteiger partial charge in [0.15, 0.2) is 0 Å². The van der Waals surface area contributed by atoms with Gasteiger partial charge in [-0.2, -0.15) is 4.98 Å². The van der Waals surface area contributed by atoms with Crippen LogP contribution in [0.1, 0.15) is 12.8 Å². The zero-order valence-corrected chi connectivity index (χ0v) is 15.9. The van der Waals surface area contributed by atoms with Gasteiger partial charge in [-0.25, -0.2) is 4.39 Å². The third-order valence-electron chi connectivity index (χ3n) is 4.68. The van der Waals surface area contributed by atoms with Crippen LogP contribution in [0.5, 0.6) is 5.75 Å². The van der Waals surface area contributed by atoms with E-state index in [1.165, 1.54) is 16.7 Å². The third-order valence-corrected chi connectivity index (χ3v) is 5.05. The van der Waals surface area contributed by atoms with E-state index >= 15 is 0 Å². The van der Waals surface area contributed by atoms with Gasteiger partial charge in [-0.1, -0.05) is 17.7 Å². The van der Waals surface area contributed by atoms with Gasteiger partial charge in [0, 0.05) is 45.2 Å². The van der Waals surface area contributed by atoms with Crippen molar-refractivity contribution in [1.29, 1.82) is 0 Å². The van der Waals surface area contributed by atoms with Crippen LogP contribution in [0.2, 0.25) is 5.02 Å². The first-order valence-electron chi connectivity index (χ1n) is 8.87. The van der Waals surface area contributed by atoms with Gasteiger partial charge in [0.05, 0.1) is 5.56 Å². The van der Waals surface area contributed by atoms with Crippen LogP contribution in [0.15, 0.2) is 45.8 Å². The van der Waals surface area contributed by atoms with Gasteiger partial charge in [0.2, 0.25) is 5.56 Å². The molecule has 0 spiro atoms. The quantitative estimate of drug-likeness (QED) is 0.664. The molecule has 0 bridgehead atoms. The first kappa shape index (κ1) is 18.5. The summed E-state index contributed by atoms with van der Waals surface area (Å²) in [5, 5.41) is 4.05. The van der Waals surface area contributed by atoms with E-state index in [-0.39, 0.29) is 16.7 Å². The fraction of sp³-hybridized carbons (Fsp3) is 0.316. The van der Waals surface area contributed by atoms with Crippen LogP contribution in [0.4, 0.5) is 10.3 Å². The minimum atomic E-state index is -0.491. The number of aromatic nitrogens is 3. The van der Waals surface area contributed by atoms with Gasteiger partial charge < -0.3 is 18.7 Å². The van der Waals surface area contributed by atoms with Crippen LogP contribution in [-0.2, 0) is 7.05 Å². The Bertz CT molecular complexity index is 1040. The number of benzene rings is 1. The Balaban J connectivity index is 1.40. The number of rotatable bonds is 4. The number of halogens is 2. The Morgan fingerprint density at radius 1 is 1.25 bits per heavy atom. The van der Waals surface area contributed by atoms with Crippen molar-refractivity contribution in [1.82, 2.24) is 14.7 Å². The van der Waals surface area contributed by atoms with Crippen LogP contribution in [0.3, 0.4) is 0 Å². The molecular weight excluding hydrogens is 387 g/mol. The van der Waals surface area contributed by atoms with Crippen LogP contribution in [-0.4, -0.2) is 33.9 Å². The van der Waals surface area contributed by atoms with Gasteiger partial charge >= 0.3 is 0 Å². The van der Waals surface area contributed by atoms with Crippen molar-refractivity contribution in [3.63, 3.8) is 0 Å². The molecule has 1 fully saturated rings. The molecular formula is C19H18ClFN4O3. The number of hydrogen-bond acceptors (Lipinski definition) is 6. The minimum Gasteiger partial charge on any atom is -0.489 e. The van der Waals surface area contributed by atoms with E-state index in [1.807, 2.05) is 4.90 Å². The standard InChI is InChI=1S/C19H18ClFN4O3/c1-24-11-12(5-6-16(24)26)18-22-19(23-28-18)25-9-7-13(8-10-25)27-15-4-2-3-14(21)17(15)20/h2-6,11,13H,7-10H2,1H3. The second kappa shape index (κ2) is 7.63. The van der Waals surface area contributed by atoms with Crippen molar-refractivity contribution in [2.75, 3.05) is 18.0 Å². The highest BCUT2D eigenvalue weighted by atomic mass is 35.5. The van der Waals surface area contributed by atoms with Crippen molar-refractivity contribution in [2.24, 2.45) is 7.05 Å². The molecule has 3 aromatic rings. The summed E-state index contributed by atoms with van der Waals surface area (Å²) in [6.45, 7) is 1.34. The molecule has 7 nitrogen and oxygen atoms in total. The largest absolute Gasteiger partial charge is 0.489 e. The fourth-order valence-corrected chi connectivity index (χ4v) is 3.28. The maximum absolute atomic E-state index is 13.5. The highest BCUT2D eigenvalue weighted by Gasteiger charge is 2.25. The highest BCUT2D eigenvalue weighted by Crippen LogP contribution is 2.30. The summed E-state index contributed by atoms with van der Waals surface area (Å²) in [6.07, 6.45) is 3.03. The van der Waals surface area contributed by atoms with Crippen molar-refractivity contribution < 1.29 is 13.7 Å². The van der Waals surface area contributed by atoms with E-state index < -0.39 is 5.82 Å². The summed E-state index contributed by atoms with van der Waals surface area (Å²) >= 11 is 5.95. The Kier molecular flexibility index (Phi) is 5.04. The second-order valence-corrected chi connectivity index (χ2v) is 7.00. The predicted octanol–water partition coefficient (Wildman–Crippen LogP) is 3.28. The molecule has 1 aliphatic heterocycles.